The second-order valence-electron chi connectivity index (χ2n) is 4.31. The Hall–Kier alpha value is -2.30. The Morgan fingerprint density at radius 2 is 2.00 bits per heavy atom. The molecule has 0 N–H and O–H groups in total. The molecule has 0 radical (unpaired) electrons. The van der Waals surface area contributed by atoms with Crippen LogP contribution in [0.25, 0.3) is 16.6 Å². The van der Waals surface area contributed by atoms with Crippen molar-refractivity contribution in [1.82, 2.24) is 9.55 Å². The topological polar surface area (TPSA) is 30.2 Å². The van der Waals surface area contributed by atoms with E-state index < -0.39 is 11.6 Å². The number of allylic oxidation sites excluding steroid dienone is 3. The number of imidazole rings is 1. The maximum Gasteiger partial charge on any atom is 0.161 e. The minimum Gasteiger partial charge on any atom is -0.327 e. The van der Waals surface area contributed by atoms with Crippen molar-refractivity contribution in [1.29, 1.82) is 0 Å². The van der Waals surface area contributed by atoms with E-state index in [-0.39, 0.29) is 0 Å². The van der Waals surface area contributed by atoms with Crippen molar-refractivity contribution in [3.63, 3.8) is 0 Å². The van der Waals surface area contributed by atoms with Gasteiger partial charge in [0.1, 0.15) is 5.82 Å². The van der Waals surface area contributed by atoms with Gasteiger partial charge in [0.2, 0.25) is 0 Å². The Kier molecular flexibility index (Phi) is 2.74. The highest BCUT2D eigenvalue weighted by Crippen LogP contribution is 2.23. The van der Waals surface area contributed by atoms with Crippen LogP contribution in [-0.2, 0) is 7.05 Å². The van der Waals surface area contributed by atoms with Gasteiger partial charge in [-0.25, -0.2) is 13.8 Å². The average Bonchev–Trinajstić information content (AvgIpc) is 2.61. The van der Waals surface area contributed by atoms with E-state index >= 15 is 0 Å². The van der Waals surface area contributed by atoms with Crippen molar-refractivity contribution >= 4 is 22.8 Å². The van der Waals surface area contributed by atoms with Gasteiger partial charge in [-0.1, -0.05) is 12.2 Å². The van der Waals surface area contributed by atoms with Crippen molar-refractivity contribution in [3.05, 3.63) is 47.9 Å². The van der Waals surface area contributed by atoms with Crippen LogP contribution in [0.5, 0.6) is 0 Å². The van der Waals surface area contributed by atoms with Gasteiger partial charge in [-0.05, 0) is 6.42 Å². The SMILES string of the molecule is Cn1c(C2=CCC=CN=C2)nc2cc(F)c(F)cc21. The van der Waals surface area contributed by atoms with Gasteiger partial charge in [0.25, 0.3) is 0 Å². The van der Waals surface area contributed by atoms with Gasteiger partial charge in [-0.15, -0.1) is 0 Å². The first kappa shape index (κ1) is 11.8. The summed E-state index contributed by atoms with van der Waals surface area (Å²) in [6, 6.07) is 2.27. The van der Waals surface area contributed by atoms with Gasteiger partial charge in [0, 0.05) is 37.2 Å². The molecule has 1 aromatic carbocycles. The van der Waals surface area contributed by atoms with E-state index in [0.717, 1.165) is 24.1 Å². The molecule has 1 aliphatic heterocycles. The van der Waals surface area contributed by atoms with Gasteiger partial charge in [-0.2, -0.15) is 0 Å². The third-order valence-electron chi connectivity index (χ3n) is 3.06. The van der Waals surface area contributed by atoms with Gasteiger partial charge in [0.15, 0.2) is 11.6 Å². The van der Waals surface area contributed by atoms with Crippen LogP contribution in [0.2, 0.25) is 0 Å². The standard InChI is InChI=1S/C14H11F2N3/c1-19-13-7-11(16)10(15)6-12(13)18-14(19)9-4-2-3-5-17-8-9/h3-8H,2H2,1H3. The van der Waals surface area contributed by atoms with E-state index in [1.807, 2.05) is 12.2 Å². The highest BCUT2D eigenvalue weighted by molar-refractivity contribution is 6.09. The molecule has 3 rings (SSSR count). The van der Waals surface area contributed by atoms with E-state index in [1.165, 1.54) is 0 Å². The lowest BCUT2D eigenvalue weighted by atomic mass is 10.2. The second-order valence-corrected chi connectivity index (χ2v) is 4.31. The first-order chi connectivity index (χ1) is 9.16. The lowest BCUT2D eigenvalue weighted by molar-refractivity contribution is 0.510. The summed E-state index contributed by atoms with van der Waals surface area (Å²) in [5.74, 6) is -1.11. The predicted octanol–water partition coefficient (Wildman–Crippen LogP) is 3.22. The molecule has 3 nitrogen and oxygen atoms in total. The molecule has 0 bridgehead atoms. The molecule has 2 aromatic rings. The minimum atomic E-state index is -0.887. The zero-order valence-corrected chi connectivity index (χ0v) is 10.3. The number of nitrogens with zero attached hydrogens (tertiary/aromatic N) is 3. The lowest BCUT2D eigenvalue weighted by Gasteiger charge is -2.02. The molecule has 19 heavy (non-hydrogen) atoms. The van der Waals surface area contributed by atoms with Crippen molar-refractivity contribution in [2.45, 2.75) is 6.42 Å². The summed E-state index contributed by atoms with van der Waals surface area (Å²) in [4.78, 5) is 8.45. The van der Waals surface area contributed by atoms with Gasteiger partial charge >= 0.3 is 0 Å². The molecule has 0 atom stereocenters. The molecule has 0 aliphatic carbocycles. The molecule has 0 saturated carbocycles. The largest absolute Gasteiger partial charge is 0.327 e. The number of aromatic nitrogens is 2. The molecule has 0 spiro atoms. The highest BCUT2D eigenvalue weighted by Gasteiger charge is 2.14. The molecular weight excluding hydrogens is 248 g/mol. The van der Waals surface area contributed by atoms with Crippen LogP contribution in [-0.4, -0.2) is 15.8 Å². The Morgan fingerprint density at radius 3 is 2.84 bits per heavy atom. The first-order valence-electron chi connectivity index (χ1n) is 5.87. The summed E-state index contributed by atoms with van der Waals surface area (Å²) in [5.41, 5.74) is 1.83. The second kappa shape index (κ2) is 4.42. The fourth-order valence-electron chi connectivity index (χ4n) is 2.09. The van der Waals surface area contributed by atoms with E-state index in [9.17, 15) is 8.78 Å². The molecule has 1 aliphatic rings. The Morgan fingerprint density at radius 1 is 1.21 bits per heavy atom. The minimum absolute atomic E-state index is 0.433. The van der Waals surface area contributed by atoms with Crippen LogP contribution in [0.15, 0.2) is 35.5 Å². The predicted molar refractivity (Wildman–Crippen MR) is 70.9 cm³/mol. The number of rotatable bonds is 1. The number of fused-ring (bicyclic) bond motifs is 1. The quantitative estimate of drug-likeness (QED) is 0.773. The van der Waals surface area contributed by atoms with E-state index in [1.54, 1.807) is 24.0 Å². The highest BCUT2D eigenvalue weighted by atomic mass is 19.2. The van der Waals surface area contributed by atoms with Crippen LogP contribution in [0.1, 0.15) is 12.2 Å². The summed E-state index contributed by atoms with van der Waals surface area (Å²) in [5, 5.41) is 0. The Bertz CT molecular complexity index is 739. The zero-order chi connectivity index (χ0) is 13.4. The van der Waals surface area contributed by atoms with E-state index in [0.29, 0.717) is 16.9 Å². The molecule has 96 valence electrons. The number of halogens is 2. The first-order valence-corrected chi connectivity index (χ1v) is 5.87. The van der Waals surface area contributed by atoms with Crippen LogP contribution < -0.4 is 0 Å². The van der Waals surface area contributed by atoms with Crippen molar-refractivity contribution in [2.24, 2.45) is 12.0 Å². The molecule has 0 fully saturated rings. The zero-order valence-electron chi connectivity index (χ0n) is 10.3. The summed E-state index contributed by atoms with van der Waals surface area (Å²) >= 11 is 0. The van der Waals surface area contributed by atoms with Crippen LogP contribution in [0, 0.1) is 11.6 Å². The van der Waals surface area contributed by atoms with Crippen molar-refractivity contribution in [2.75, 3.05) is 0 Å². The maximum absolute atomic E-state index is 13.3. The van der Waals surface area contributed by atoms with Crippen molar-refractivity contribution < 1.29 is 8.78 Å². The molecule has 1 aromatic heterocycles. The summed E-state index contributed by atoms with van der Waals surface area (Å²) in [6.07, 6.45) is 8.05. The number of aryl methyl sites for hydroxylation is 1. The number of hydrogen-bond donors (Lipinski definition) is 0. The molecule has 0 amide bonds. The van der Waals surface area contributed by atoms with Gasteiger partial charge < -0.3 is 4.57 Å². The molecule has 2 heterocycles. The number of hydrogen-bond acceptors (Lipinski definition) is 2. The third kappa shape index (κ3) is 1.97. The molecule has 0 unspecified atom stereocenters. The van der Waals surface area contributed by atoms with Crippen LogP contribution >= 0.6 is 0 Å². The van der Waals surface area contributed by atoms with Crippen LogP contribution in [0.4, 0.5) is 8.78 Å². The molecular formula is C14H11F2N3. The lowest BCUT2D eigenvalue weighted by Crippen LogP contribution is -1.98. The van der Waals surface area contributed by atoms with E-state index in [4.69, 9.17) is 0 Å². The summed E-state index contributed by atoms with van der Waals surface area (Å²) < 4.78 is 28.2. The fraction of sp³-hybridized carbons (Fsp3) is 0.143. The number of benzene rings is 1. The van der Waals surface area contributed by atoms with Gasteiger partial charge in [0.05, 0.1) is 11.0 Å². The third-order valence-corrected chi connectivity index (χ3v) is 3.06. The van der Waals surface area contributed by atoms with Crippen molar-refractivity contribution in [3.8, 4) is 0 Å². The smallest absolute Gasteiger partial charge is 0.161 e. The fourth-order valence-corrected chi connectivity index (χ4v) is 2.09. The van der Waals surface area contributed by atoms with Crippen LogP contribution in [0.3, 0.4) is 0 Å². The monoisotopic (exact) mass is 259 g/mol. The Balaban J connectivity index is 2.20. The maximum atomic E-state index is 13.3. The Labute approximate surface area is 108 Å². The summed E-state index contributed by atoms with van der Waals surface area (Å²) in [6.45, 7) is 0. The van der Waals surface area contributed by atoms with E-state index in [2.05, 4.69) is 9.98 Å². The van der Waals surface area contributed by atoms with Gasteiger partial charge in [-0.3, -0.25) is 4.99 Å². The molecule has 5 heteroatoms. The summed E-state index contributed by atoms with van der Waals surface area (Å²) in [7, 11) is 1.77. The molecule has 0 saturated heterocycles. The average molecular weight is 259 g/mol. The normalized spacial score (nSPS) is 14.8. The number of aliphatic imine (C=N–C) groups is 1.